The summed E-state index contributed by atoms with van der Waals surface area (Å²) in [5.41, 5.74) is 6.30. The van der Waals surface area contributed by atoms with Crippen LogP contribution < -0.4 is 16.5 Å². The lowest BCUT2D eigenvalue weighted by Gasteiger charge is -2.03. The smallest absolute Gasteiger partial charge is 0.191 e. The largest absolute Gasteiger partial charge is 0.407 e. The predicted molar refractivity (Wildman–Crippen MR) is 38.2 cm³/mol. The summed E-state index contributed by atoms with van der Waals surface area (Å²) in [5, 5.41) is 0. The second-order valence-corrected chi connectivity index (χ2v) is 1.96. The first-order chi connectivity index (χ1) is 4.75. The van der Waals surface area contributed by atoms with Crippen LogP contribution in [0.3, 0.4) is 0 Å². The molecule has 4 nitrogen and oxygen atoms in total. The zero-order valence-corrected chi connectivity index (χ0v) is 5.66. The van der Waals surface area contributed by atoms with E-state index in [0.717, 1.165) is 5.56 Å². The lowest BCUT2D eigenvalue weighted by molar-refractivity contribution is 0.333. The third-order valence-corrected chi connectivity index (χ3v) is 1.25. The van der Waals surface area contributed by atoms with Crippen LogP contribution in [0.1, 0.15) is 5.56 Å². The molecule has 10 heavy (non-hydrogen) atoms. The van der Waals surface area contributed by atoms with Crippen molar-refractivity contribution in [2.75, 3.05) is 5.73 Å². The maximum absolute atomic E-state index is 5.42. The highest BCUT2D eigenvalue weighted by atomic mass is 16.6. The fourth-order valence-corrected chi connectivity index (χ4v) is 0.719. The highest BCUT2D eigenvalue weighted by Gasteiger charge is 2.02. The van der Waals surface area contributed by atoms with Crippen molar-refractivity contribution in [2.24, 2.45) is 5.90 Å². The van der Waals surface area contributed by atoms with Gasteiger partial charge in [-0.25, -0.2) is 4.98 Å². The van der Waals surface area contributed by atoms with Gasteiger partial charge in [0.05, 0.1) is 0 Å². The Balaban J connectivity index is 3.17. The number of nitrogens with two attached hydrogens (primary N) is 2. The molecule has 0 bridgehead atoms. The number of hydrogen-bond acceptors (Lipinski definition) is 4. The first-order valence-electron chi connectivity index (χ1n) is 2.83. The molecule has 0 radical (unpaired) electrons. The summed E-state index contributed by atoms with van der Waals surface area (Å²) in [6.07, 6.45) is 1.60. The van der Waals surface area contributed by atoms with E-state index in [1.165, 1.54) is 0 Å². The molecule has 0 fully saturated rings. The molecule has 4 heteroatoms. The number of anilines is 1. The zero-order chi connectivity index (χ0) is 7.56. The van der Waals surface area contributed by atoms with E-state index in [-0.39, 0.29) is 0 Å². The van der Waals surface area contributed by atoms with Crippen molar-refractivity contribution in [1.82, 2.24) is 4.98 Å². The molecule has 1 heterocycles. The number of aromatic nitrogens is 1. The van der Waals surface area contributed by atoms with Crippen LogP contribution in [0, 0.1) is 6.92 Å². The van der Waals surface area contributed by atoms with E-state index < -0.39 is 0 Å². The van der Waals surface area contributed by atoms with E-state index in [1.54, 1.807) is 12.3 Å². The summed E-state index contributed by atoms with van der Waals surface area (Å²) in [5.74, 6) is 5.70. The standard InChI is InChI=1S/C6H9N3O/c1-4-2-3-9-6(7)5(4)10-8/h2-3H,8H2,1H3,(H2,7,9). The van der Waals surface area contributed by atoms with E-state index in [2.05, 4.69) is 9.82 Å². The molecule has 0 unspecified atom stereocenters. The quantitative estimate of drug-likeness (QED) is 0.546. The number of pyridine rings is 1. The number of aryl methyl sites for hydroxylation is 1. The Morgan fingerprint density at radius 1 is 1.60 bits per heavy atom. The van der Waals surface area contributed by atoms with Crippen molar-refractivity contribution < 1.29 is 4.84 Å². The van der Waals surface area contributed by atoms with Gasteiger partial charge in [0.15, 0.2) is 11.6 Å². The van der Waals surface area contributed by atoms with Crippen LogP contribution in [0.2, 0.25) is 0 Å². The van der Waals surface area contributed by atoms with Gasteiger partial charge in [-0.05, 0) is 18.6 Å². The van der Waals surface area contributed by atoms with Crippen LogP contribution in [-0.2, 0) is 0 Å². The van der Waals surface area contributed by atoms with Gasteiger partial charge in [-0.3, -0.25) is 0 Å². The second-order valence-electron chi connectivity index (χ2n) is 1.96. The molecule has 0 aliphatic carbocycles. The van der Waals surface area contributed by atoms with Gasteiger partial charge < -0.3 is 10.6 Å². The third kappa shape index (κ3) is 1.01. The first-order valence-corrected chi connectivity index (χ1v) is 2.83. The molecule has 0 aromatic carbocycles. The van der Waals surface area contributed by atoms with Gasteiger partial charge >= 0.3 is 0 Å². The van der Waals surface area contributed by atoms with Gasteiger partial charge in [-0.2, -0.15) is 5.90 Å². The maximum Gasteiger partial charge on any atom is 0.191 e. The highest BCUT2D eigenvalue weighted by molar-refractivity contribution is 5.49. The minimum absolute atomic E-state index is 0.322. The lowest BCUT2D eigenvalue weighted by Crippen LogP contribution is -2.07. The van der Waals surface area contributed by atoms with Crippen molar-refractivity contribution >= 4 is 5.82 Å². The van der Waals surface area contributed by atoms with Crippen molar-refractivity contribution in [3.05, 3.63) is 17.8 Å². The van der Waals surface area contributed by atoms with Crippen LogP contribution in [0.15, 0.2) is 12.3 Å². The fraction of sp³-hybridized carbons (Fsp3) is 0.167. The molecule has 0 atom stereocenters. The Morgan fingerprint density at radius 2 is 2.30 bits per heavy atom. The molecule has 0 amide bonds. The van der Waals surface area contributed by atoms with Gasteiger partial charge in [-0.1, -0.05) is 0 Å². The fourth-order valence-electron chi connectivity index (χ4n) is 0.719. The summed E-state index contributed by atoms with van der Waals surface area (Å²) in [7, 11) is 0. The van der Waals surface area contributed by atoms with Crippen LogP contribution in [0.4, 0.5) is 5.82 Å². The molecule has 0 spiro atoms. The third-order valence-electron chi connectivity index (χ3n) is 1.25. The summed E-state index contributed by atoms with van der Waals surface area (Å²) < 4.78 is 0. The van der Waals surface area contributed by atoms with Gasteiger partial charge in [0.2, 0.25) is 0 Å². The maximum atomic E-state index is 5.42. The van der Waals surface area contributed by atoms with E-state index >= 15 is 0 Å². The summed E-state index contributed by atoms with van der Waals surface area (Å²) in [6, 6.07) is 1.78. The van der Waals surface area contributed by atoms with Gasteiger partial charge in [-0.15, -0.1) is 0 Å². The van der Waals surface area contributed by atoms with Crippen LogP contribution in [0.5, 0.6) is 5.75 Å². The minimum atomic E-state index is 0.322. The SMILES string of the molecule is Cc1ccnc(N)c1ON. The van der Waals surface area contributed by atoms with Gasteiger partial charge in [0, 0.05) is 6.20 Å². The number of nitrogen functional groups attached to an aromatic ring is 1. The van der Waals surface area contributed by atoms with Crippen molar-refractivity contribution in [1.29, 1.82) is 0 Å². The number of nitrogens with zero attached hydrogens (tertiary/aromatic N) is 1. The second kappa shape index (κ2) is 2.53. The average molecular weight is 139 g/mol. The predicted octanol–water partition coefficient (Wildman–Crippen LogP) is 0.225. The average Bonchev–Trinajstić information content (AvgIpc) is 1.88. The van der Waals surface area contributed by atoms with E-state index in [1.807, 2.05) is 6.92 Å². The summed E-state index contributed by atoms with van der Waals surface area (Å²) in [4.78, 5) is 8.27. The molecular formula is C6H9N3O. The molecule has 54 valence electrons. The zero-order valence-electron chi connectivity index (χ0n) is 5.66. The molecule has 4 N–H and O–H groups in total. The number of hydrogen-bond donors (Lipinski definition) is 2. The molecule has 0 aliphatic rings. The van der Waals surface area contributed by atoms with Crippen LogP contribution in [-0.4, -0.2) is 4.98 Å². The Morgan fingerprint density at radius 3 is 2.70 bits per heavy atom. The molecule has 0 saturated heterocycles. The highest BCUT2D eigenvalue weighted by Crippen LogP contribution is 2.20. The van der Waals surface area contributed by atoms with Crippen molar-refractivity contribution in [2.45, 2.75) is 6.92 Å². The number of rotatable bonds is 1. The van der Waals surface area contributed by atoms with E-state index in [0.29, 0.717) is 11.6 Å². The Kier molecular flexibility index (Phi) is 1.73. The molecule has 1 aromatic rings. The van der Waals surface area contributed by atoms with Gasteiger partial charge in [0.1, 0.15) is 0 Å². The molecule has 1 aromatic heterocycles. The Hall–Kier alpha value is -1.29. The minimum Gasteiger partial charge on any atom is -0.407 e. The topological polar surface area (TPSA) is 74.2 Å². The summed E-state index contributed by atoms with van der Waals surface area (Å²) in [6.45, 7) is 1.85. The van der Waals surface area contributed by atoms with Crippen LogP contribution >= 0.6 is 0 Å². The lowest BCUT2D eigenvalue weighted by atomic mass is 10.3. The molecule has 0 aliphatic heterocycles. The normalized spacial score (nSPS) is 9.40. The molecule has 0 saturated carbocycles. The van der Waals surface area contributed by atoms with Crippen molar-refractivity contribution in [3.8, 4) is 5.75 Å². The molecular weight excluding hydrogens is 130 g/mol. The van der Waals surface area contributed by atoms with Crippen molar-refractivity contribution in [3.63, 3.8) is 0 Å². The van der Waals surface area contributed by atoms with E-state index in [9.17, 15) is 0 Å². The summed E-state index contributed by atoms with van der Waals surface area (Å²) >= 11 is 0. The Bertz CT molecular complexity index is 216. The molecule has 1 rings (SSSR count). The monoisotopic (exact) mass is 139 g/mol. The first kappa shape index (κ1) is 6.82. The van der Waals surface area contributed by atoms with Gasteiger partial charge in [0.25, 0.3) is 0 Å². The van der Waals surface area contributed by atoms with E-state index in [4.69, 9.17) is 11.6 Å². The van der Waals surface area contributed by atoms with Crippen LogP contribution in [0.25, 0.3) is 0 Å². The Labute approximate surface area is 58.8 Å².